The highest BCUT2D eigenvalue weighted by Gasteiger charge is 2.10. The summed E-state index contributed by atoms with van der Waals surface area (Å²) in [5, 5.41) is 5.55. The van der Waals surface area contributed by atoms with Crippen LogP contribution in [0.2, 0.25) is 0 Å². The van der Waals surface area contributed by atoms with Gasteiger partial charge in [0.1, 0.15) is 5.76 Å². The van der Waals surface area contributed by atoms with Crippen LogP contribution in [0.25, 0.3) is 0 Å². The molecule has 1 atom stereocenters. The average Bonchev–Trinajstić information content (AvgIpc) is 3.01. The fraction of sp³-hybridized carbons (Fsp3) is 0.429. The van der Waals surface area contributed by atoms with Gasteiger partial charge in [0.25, 0.3) is 0 Å². The van der Waals surface area contributed by atoms with E-state index in [9.17, 15) is 0 Å². The maximum Gasteiger partial charge on any atom is 0.117 e. The SMILES string of the molecule is CC(CNCc1ccco1)N(C)Cc1cc(Br)cs1. The number of nitrogens with zero attached hydrogens (tertiary/aromatic N) is 1. The van der Waals surface area contributed by atoms with Gasteiger partial charge in [0.05, 0.1) is 12.8 Å². The lowest BCUT2D eigenvalue weighted by molar-refractivity contribution is 0.243. The van der Waals surface area contributed by atoms with Crippen molar-refractivity contribution < 1.29 is 4.42 Å². The van der Waals surface area contributed by atoms with Crippen LogP contribution in [-0.2, 0) is 13.1 Å². The van der Waals surface area contributed by atoms with Crippen molar-refractivity contribution in [2.45, 2.75) is 26.1 Å². The molecule has 5 heteroatoms. The van der Waals surface area contributed by atoms with E-state index in [-0.39, 0.29) is 0 Å². The molecule has 0 amide bonds. The second kappa shape index (κ2) is 7.24. The first-order chi connectivity index (χ1) is 9.15. The standard InChI is InChI=1S/C14H19BrN2OS/c1-11(7-16-8-13-4-3-5-18-13)17(2)9-14-6-12(15)10-19-14/h3-6,10-11,16H,7-9H2,1-2H3. The van der Waals surface area contributed by atoms with Crippen LogP contribution in [0.3, 0.4) is 0 Å². The Balaban J connectivity index is 1.71. The number of hydrogen-bond acceptors (Lipinski definition) is 4. The average molecular weight is 343 g/mol. The van der Waals surface area contributed by atoms with Gasteiger partial charge in [0, 0.05) is 33.9 Å². The Morgan fingerprint density at radius 3 is 3.00 bits per heavy atom. The number of rotatable bonds is 7. The minimum atomic E-state index is 0.482. The highest BCUT2D eigenvalue weighted by Crippen LogP contribution is 2.21. The quantitative estimate of drug-likeness (QED) is 0.831. The lowest BCUT2D eigenvalue weighted by atomic mass is 10.3. The molecule has 0 spiro atoms. The second-order valence-electron chi connectivity index (χ2n) is 4.71. The number of hydrogen-bond donors (Lipinski definition) is 1. The molecule has 3 nitrogen and oxygen atoms in total. The number of likely N-dealkylation sites (N-methyl/N-ethyl adjacent to an activating group) is 1. The van der Waals surface area contributed by atoms with E-state index in [0.29, 0.717) is 6.04 Å². The molecule has 1 unspecified atom stereocenters. The Hall–Kier alpha value is -0.620. The zero-order valence-electron chi connectivity index (χ0n) is 11.2. The van der Waals surface area contributed by atoms with Gasteiger partial charge in [-0.1, -0.05) is 0 Å². The largest absolute Gasteiger partial charge is 0.468 e. The molecule has 104 valence electrons. The van der Waals surface area contributed by atoms with Crippen molar-refractivity contribution in [2.75, 3.05) is 13.6 Å². The van der Waals surface area contributed by atoms with E-state index in [2.05, 4.69) is 51.6 Å². The summed E-state index contributed by atoms with van der Waals surface area (Å²) < 4.78 is 6.47. The first-order valence-electron chi connectivity index (χ1n) is 6.31. The maximum atomic E-state index is 5.29. The molecule has 0 aliphatic heterocycles. The van der Waals surface area contributed by atoms with Crippen molar-refractivity contribution in [1.82, 2.24) is 10.2 Å². The molecule has 2 rings (SSSR count). The Morgan fingerprint density at radius 2 is 2.37 bits per heavy atom. The molecule has 0 aliphatic rings. The Labute approximate surface area is 126 Å². The number of nitrogens with one attached hydrogen (secondary N) is 1. The fourth-order valence-electron chi connectivity index (χ4n) is 1.81. The summed E-state index contributed by atoms with van der Waals surface area (Å²) in [5.41, 5.74) is 0. The van der Waals surface area contributed by atoms with Crippen molar-refractivity contribution in [3.05, 3.63) is 45.0 Å². The van der Waals surface area contributed by atoms with Gasteiger partial charge in [-0.05, 0) is 48.1 Å². The van der Waals surface area contributed by atoms with Gasteiger partial charge in [0.2, 0.25) is 0 Å². The minimum absolute atomic E-state index is 0.482. The van der Waals surface area contributed by atoms with Crippen LogP contribution in [0, 0.1) is 0 Å². The molecule has 19 heavy (non-hydrogen) atoms. The number of furan rings is 1. The van der Waals surface area contributed by atoms with Crippen LogP contribution in [0.5, 0.6) is 0 Å². The molecule has 0 radical (unpaired) electrons. The van der Waals surface area contributed by atoms with Crippen molar-refractivity contribution >= 4 is 27.3 Å². The first kappa shape index (κ1) is 14.8. The summed E-state index contributed by atoms with van der Waals surface area (Å²) in [5.74, 6) is 0.983. The molecule has 0 fully saturated rings. The Bertz CT molecular complexity index is 483. The van der Waals surface area contributed by atoms with Crippen molar-refractivity contribution in [3.63, 3.8) is 0 Å². The van der Waals surface area contributed by atoms with Gasteiger partial charge >= 0.3 is 0 Å². The normalized spacial score (nSPS) is 13.1. The second-order valence-corrected chi connectivity index (χ2v) is 6.62. The zero-order chi connectivity index (χ0) is 13.7. The maximum absolute atomic E-state index is 5.29. The van der Waals surface area contributed by atoms with E-state index >= 15 is 0 Å². The number of thiophene rings is 1. The van der Waals surface area contributed by atoms with Crippen molar-refractivity contribution in [1.29, 1.82) is 0 Å². The smallest absolute Gasteiger partial charge is 0.117 e. The third-order valence-corrected chi connectivity index (χ3v) is 4.78. The molecule has 0 aromatic carbocycles. The molecular weight excluding hydrogens is 324 g/mol. The molecule has 1 N–H and O–H groups in total. The summed E-state index contributed by atoms with van der Waals surface area (Å²) in [4.78, 5) is 3.74. The number of halogens is 1. The first-order valence-corrected chi connectivity index (χ1v) is 7.98. The van der Waals surface area contributed by atoms with Crippen LogP contribution in [0.4, 0.5) is 0 Å². The lowest BCUT2D eigenvalue weighted by Gasteiger charge is -2.24. The molecule has 2 aromatic rings. The van der Waals surface area contributed by atoms with E-state index < -0.39 is 0 Å². The highest BCUT2D eigenvalue weighted by atomic mass is 79.9. The predicted octanol–water partition coefficient (Wildman–Crippen LogP) is 3.71. The molecule has 0 saturated carbocycles. The van der Waals surface area contributed by atoms with Crippen LogP contribution in [0.15, 0.2) is 38.7 Å². The van der Waals surface area contributed by atoms with E-state index in [0.717, 1.165) is 25.4 Å². The lowest BCUT2D eigenvalue weighted by Crippen LogP contribution is -2.37. The van der Waals surface area contributed by atoms with Gasteiger partial charge in [-0.2, -0.15) is 0 Å². The minimum Gasteiger partial charge on any atom is -0.468 e. The van der Waals surface area contributed by atoms with Crippen molar-refractivity contribution in [3.8, 4) is 0 Å². The monoisotopic (exact) mass is 342 g/mol. The molecular formula is C14H19BrN2OS. The van der Waals surface area contributed by atoms with Crippen LogP contribution >= 0.6 is 27.3 Å². The summed E-state index contributed by atoms with van der Waals surface area (Å²) in [6.07, 6.45) is 1.71. The highest BCUT2D eigenvalue weighted by molar-refractivity contribution is 9.10. The van der Waals surface area contributed by atoms with Gasteiger partial charge in [-0.15, -0.1) is 11.3 Å². The third kappa shape index (κ3) is 4.76. The molecule has 2 heterocycles. The summed E-state index contributed by atoms with van der Waals surface area (Å²) in [7, 11) is 2.16. The third-order valence-electron chi connectivity index (χ3n) is 3.10. The topological polar surface area (TPSA) is 28.4 Å². The van der Waals surface area contributed by atoms with E-state index in [1.807, 2.05) is 12.1 Å². The van der Waals surface area contributed by atoms with Gasteiger partial charge < -0.3 is 9.73 Å². The Kier molecular flexibility index (Phi) is 5.63. The fourth-order valence-corrected chi connectivity index (χ4v) is 3.33. The molecule has 0 saturated heterocycles. The Morgan fingerprint density at radius 1 is 1.53 bits per heavy atom. The summed E-state index contributed by atoms with van der Waals surface area (Å²) in [6.45, 7) is 4.96. The van der Waals surface area contributed by atoms with Crippen LogP contribution < -0.4 is 5.32 Å². The molecule has 0 aliphatic carbocycles. The van der Waals surface area contributed by atoms with Crippen LogP contribution in [-0.4, -0.2) is 24.5 Å². The molecule has 0 bridgehead atoms. The van der Waals surface area contributed by atoms with Crippen molar-refractivity contribution in [2.24, 2.45) is 0 Å². The molecule has 2 aromatic heterocycles. The summed E-state index contributed by atoms with van der Waals surface area (Å²) in [6, 6.07) is 6.58. The van der Waals surface area contributed by atoms with Crippen LogP contribution in [0.1, 0.15) is 17.6 Å². The van der Waals surface area contributed by atoms with Gasteiger partial charge in [-0.25, -0.2) is 0 Å². The van der Waals surface area contributed by atoms with Gasteiger partial charge in [0.15, 0.2) is 0 Å². The van der Waals surface area contributed by atoms with E-state index in [1.54, 1.807) is 17.6 Å². The zero-order valence-corrected chi connectivity index (χ0v) is 13.6. The van der Waals surface area contributed by atoms with E-state index in [1.165, 1.54) is 9.35 Å². The van der Waals surface area contributed by atoms with Gasteiger partial charge in [-0.3, -0.25) is 4.90 Å². The predicted molar refractivity (Wildman–Crippen MR) is 83.4 cm³/mol. The van der Waals surface area contributed by atoms with E-state index in [4.69, 9.17) is 4.42 Å². The summed E-state index contributed by atoms with van der Waals surface area (Å²) >= 11 is 5.29.